The van der Waals surface area contributed by atoms with Crippen LogP contribution in [0.15, 0.2) is 42.9 Å². The van der Waals surface area contributed by atoms with Crippen molar-refractivity contribution in [2.24, 2.45) is 0 Å². The zero-order chi connectivity index (χ0) is 22.9. The number of nitrogens with one attached hydrogen (secondary N) is 1. The number of aromatic amines is 1. The predicted octanol–water partition coefficient (Wildman–Crippen LogP) is 4.89. The van der Waals surface area contributed by atoms with Crippen LogP contribution in [0.3, 0.4) is 0 Å². The van der Waals surface area contributed by atoms with E-state index in [2.05, 4.69) is 27.0 Å². The smallest absolute Gasteiger partial charge is 0.272 e. The number of hydrogen-bond acceptors (Lipinski definition) is 4. The van der Waals surface area contributed by atoms with Crippen LogP contribution in [0.5, 0.6) is 0 Å². The fourth-order valence-corrected chi connectivity index (χ4v) is 4.55. The molecule has 5 rings (SSSR count). The van der Waals surface area contributed by atoms with Gasteiger partial charge >= 0.3 is 0 Å². The van der Waals surface area contributed by atoms with Gasteiger partial charge in [-0.3, -0.25) is 4.79 Å². The summed E-state index contributed by atoms with van der Waals surface area (Å²) in [7, 11) is 0. The lowest BCUT2D eigenvalue weighted by molar-refractivity contribution is 0.0692. The number of carbonyl (C=O) groups is 1. The Balaban J connectivity index is 1.52. The standard InChI is InChI=1S/C25H27FN6O/c1-3-18-12-22(25(33)31-10-6-4-5-7-16(31)2)29-24-13-21(30-32(18)24)19-9-8-17(11-20(19)26)23-14-27-15-28-23/h8-9,11-16H,3-7,10H2,1-2H3,(H,27,28). The highest BCUT2D eigenvalue weighted by molar-refractivity contribution is 5.93. The normalized spacial score (nSPS) is 16.8. The van der Waals surface area contributed by atoms with Crippen LogP contribution in [-0.4, -0.2) is 48.0 Å². The van der Waals surface area contributed by atoms with Gasteiger partial charge < -0.3 is 9.88 Å². The SMILES string of the molecule is CCc1cc(C(=O)N2CCCCCC2C)nc2cc(-c3ccc(-c4c[nH]cn4)cc3F)nn12. The third-order valence-corrected chi connectivity index (χ3v) is 6.44. The van der Waals surface area contributed by atoms with Crippen LogP contribution in [0.2, 0.25) is 0 Å². The van der Waals surface area contributed by atoms with Crippen molar-refractivity contribution in [1.29, 1.82) is 0 Å². The highest BCUT2D eigenvalue weighted by Gasteiger charge is 2.25. The van der Waals surface area contributed by atoms with Crippen LogP contribution in [0.4, 0.5) is 4.39 Å². The number of likely N-dealkylation sites (tertiary alicyclic amines) is 1. The molecule has 1 fully saturated rings. The summed E-state index contributed by atoms with van der Waals surface area (Å²) in [5, 5.41) is 4.62. The van der Waals surface area contributed by atoms with Gasteiger partial charge in [0.15, 0.2) is 5.65 Å². The summed E-state index contributed by atoms with van der Waals surface area (Å²) in [4.78, 5) is 26.9. The summed E-state index contributed by atoms with van der Waals surface area (Å²) in [5.41, 5.74) is 4.07. The van der Waals surface area contributed by atoms with Crippen molar-refractivity contribution < 1.29 is 9.18 Å². The first-order chi connectivity index (χ1) is 16.0. The highest BCUT2D eigenvalue weighted by Crippen LogP contribution is 2.28. The van der Waals surface area contributed by atoms with Gasteiger partial charge in [0.1, 0.15) is 11.5 Å². The van der Waals surface area contributed by atoms with Crippen LogP contribution < -0.4 is 0 Å². The molecule has 4 aromatic rings. The summed E-state index contributed by atoms with van der Waals surface area (Å²) >= 11 is 0. The van der Waals surface area contributed by atoms with Crippen molar-refractivity contribution in [2.45, 2.75) is 52.0 Å². The number of fused-ring (bicyclic) bond motifs is 1. The zero-order valence-electron chi connectivity index (χ0n) is 18.9. The molecule has 0 spiro atoms. The van der Waals surface area contributed by atoms with Crippen molar-refractivity contribution in [3.05, 3.63) is 60.1 Å². The molecule has 4 heterocycles. The maximum atomic E-state index is 15.0. The maximum Gasteiger partial charge on any atom is 0.272 e. The second-order valence-corrected chi connectivity index (χ2v) is 8.63. The fourth-order valence-electron chi connectivity index (χ4n) is 4.55. The van der Waals surface area contributed by atoms with Gasteiger partial charge in [-0.25, -0.2) is 18.9 Å². The molecule has 1 aliphatic heterocycles. The minimum Gasteiger partial charge on any atom is -0.351 e. The molecule has 170 valence electrons. The highest BCUT2D eigenvalue weighted by atomic mass is 19.1. The molecule has 1 aromatic carbocycles. The second-order valence-electron chi connectivity index (χ2n) is 8.63. The van der Waals surface area contributed by atoms with Gasteiger partial charge in [-0.05, 0) is 44.4 Å². The number of halogens is 1. The van der Waals surface area contributed by atoms with Gasteiger partial charge in [0, 0.05) is 41.7 Å². The molecule has 7 nitrogen and oxygen atoms in total. The average Bonchev–Trinajstić information content (AvgIpc) is 3.45. The second kappa shape index (κ2) is 8.77. The molecular formula is C25H27FN6O. The van der Waals surface area contributed by atoms with Gasteiger partial charge in [0.05, 0.1) is 17.7 Å². The van der Waals surface area contributed by atoms with E-state index in [0.717, 1.165) is 37.9 Å². The number of aromatic nitrogens is 5. The average molecular weight is 447 g/mol. The third kappa shape index (κ3) is 4.01. The topological polar surface area (TPSA) is 79.2 Å². The molecule has 3 aromatic heterocycles. The van der Waals surface area contributed by atoms with Crippen LogP contribution in [0, 0.1) is 5.82 Å². The number of rotatable bonds is 4. The largest absolute Gasteiger partial charge is 0.351 e. The van der Waals surface area contributed by atoms with E-state index in [9.17, 15) is 4.79 Å². The van der Waals surface area contributed by atoms with E-state index in [4.69, 9.17) is 0 Å². The first-order valence-electron chi connectivity index (χ1n) is 11.5. The Morgan fingerprint density at radius 3 is 2.82 bits per heavy atom. The molecule has 1 saturated heterocycles. The van der Waals surface area contributed by atoms with E-state index in [1.807, 2.05) is 24.0 Å². The van der Waals surface area contributed by atoms with Gasteiger partial charge in [-0.2, -0.15) is 5.10 Å². The Morgan fingerprint density at radius 1 is 1.18 bits per heavy atom. The lowest BCUT2D eigenvalue weighted by Gasteiger charge is -2.27. The molecule has 33 heavy (non-hydrogen) atoms. The summed E-state index contributed by atoms with van der Waals surface area (Å²) in [5.74, 6) is -0.425. The Labute approximate surface area is 191 Å². The van der Waals surface area contributed by atoms with Gasteiger partial charge in [-0.15, -0.1) is 0 Å². The van der Waals surface area contributed by atoms with E-state index in [1.54, 1.807) is 29.2 Å². The Kier molecular flexibility index (Phi) is 5.66. The van der Waals surface area contributed by atoms with Crippen molar-refractivity contribution in [3.63, 3.8) is 0 Å². The zero-order valence-corrected chi connectivity index (χ0v) is 18.9. The van der Waals surface area contributed by atoms with E-state index in [-0.39, 0.29) is 17.8 Å². The van der Waals surface area contributed by atoms with Crippen LogP contribution in [0.1, 0.15) is 55.7 Å². The molecule has 1 unspecified atom stereocenters. The first-order valence-corrected chi connectivity index (χ1v) is 11.5. The van der Waals surface area contributed by atoms with Crippen LogP contribution >= 0.6 is 0 Å². The van der Waals surface area contributed by atoms with E-state index >= 15 is 4.39 Å². The van der Waals surface area contributed by atoms with Crippen LogP contribution in [-0.2, 0) is 6.42 Å². The van der Waals surface area contributed by atoms with Crippen molar-refractivity contribution in [3.8, 4) is 22.5 Å². The van der Waals surface area contributed by atoms with E-state index < -0.39 is 0 Å². The van der Waals surface area contributed by atoms with Gasteiger partial charge in [0.2, 0.25) is 0 Å². The molecule has 0 radical (unpaired) electrons. The molecule has 1 atom stereocenters. The van der Waals surface area contributed by atoms with Crippen LogP contribution in [0.25, 0.3) is 28.2 Å². The number of hydrogen-bond donors (Lipinski definition) is 1. The molecule has 0 bridgehead atoms. The van der Waals surface area contributed by atoms with Gasteiger partial charge in [0.25, 0.3) is 5.91 Å². The van der Waals surface area contributed by atoms with Gasteiger partial charge in [-0.1, -0.05) is 25.8 Å². The number of aryl methyl sites for hydroxylation is 1. The molecule has 1 N–H and O–H groups in total. The first kappa shape index (κ1) is 21.3. The van der Waals surface area contributed by atoms with E-state index in [1.165, 1.54) is 6.07 Å². The molecule has 1 amide bonds. The molecule has 0 aliphatic carbocycles. The Bertz CT molecular complexity index is 1300. The number of imidazole rings is 1. The molecule has 0 saturated carbocycles. The molecular weight excluding hydrogens is 419 g/mol. The minimum atomic E-state index is -0.383. The van der Waals surface area contributed by atoms with E-state index in [0.29, 0.717) is 40.3 Å². The summed E-state index contributed by atoms with van der Waals surface area (Å²) in [6, 6.07) is 8.75. The minimum absolute atomic E-state index is 0.0427. The molecule has 1 aliphatic rings. The maximum absolute atomic E-state index is 15.0. The predicted molar refractivity (Wildman–Crippen MR) is 124 cm³/mol. The molecule has 8 heteroatoms. The number of H-pyrrole nitrogens is 1. The number of amides is 1. The van der Waals surface area contributed by atoms with Crippen molar-refractivity contribution in [1.82, 2.24) is 29.5 Å². The summed E-state index contributed by atoms with van der Waals surface area (Å²) < 4.78 is 16.7. The Hall–Kier alpha value is -3.55. The summed E-state index contributed by atoms with van der Waals surface area (Å²) in [6.45, 7) is 4.87. The fraction of sp³-hybridized carbons (Fsp3) is 0.360. The Morgan fingerprint density at radius 2 is 2.06 bits per heavy atom. The quantitative estimate of drug-likeness (QED) is 0.484. The lowest BCUT2D eigenvalue weighted by atomic mass is 10.1. The lowest BCUT2D eigenvalue weighted by Crippen LogP contribution is -2.38. The summed E-state index contributed by atoms with van der Waals surface area (Å²) in [6.07, 6.45) is 8.29. The number of benzene rings is 1. The number of carbonyl (C=O) groups excluding carboxylic acids is 1. The van der Waals surface area contributed by atoms with Crippen molar-refractivity contribution >= 4 is 11.6 Å². The monoisotopic (exact) mass is 446 g/mol. The number of nitrogens with zero attached hydrogens (tertiary/aromatic N) is 5. The van der Waals surface area contributed by atoms with Crippen molar-refractivity contribution in [2.75, 3.05) is 6.54 Å². The third-order valence-electron chi connectivity index (χ3n) is 6.44.